The van der Waals surface area contributed by atoms with Gasteiger partial charge in [0.05, 0.1) is 12.2 Å². The molecular formula is C17H24F3IN4O. The predicted molar refractivity (Wildman–Crippen MR) is 106 cm³/mol. The van der Waals surface area contributed by atoms with Crippen molar-refractivity contribution in [2.24, 2.45) is 10.4 Å². The maximum absolute atomic E-state index is 13.6. The molecule has 1 heterocycles. The van der Waals surface area contributed by atoms with E-state index in [4.69, 9.17) is 0 Å². The van der Waals surface area contributed by atoms with Crippen LogP contribution < -0.4 is 10.6 Å². The number of anilines is 1. The fraction of sp³-hybridized carbons (Fsp3) is 0.529. The van der Waals surface area contributed by atoms with E-state index in [1.165, 1.54) is 0 Å². The van der Waals surface area contributed by atoms with Gasteiger partial charge in [0.15, 0.2) is 23.4 Å². The molecule has 1 aliphatic rings. The molecule has 0 radical (unpaired) electrons. The number of carbonyl (C=O) groups is 1. The largest absolute Gasteiger partial charge is 0.347 e. The fourth-order valence-electron chi connectivity index (χ4n) is 2.67. The number of carbonyl (C=O) groups excluding carboxylic acids is 1. The molecule has 0 bridgehead atoms. The molecule has 2 rings (SSSR count). The Labute approximate surface area is 168 Å². The molecule has 2 N–H and O–H groups in total. The van der Waals surface area contributed by atoms with Gasteiger partial charge in [-0.3, -0.25) is 9.79 Å². The Hall–Kier alpha value is -1.52. The first-order valence-corrected chi connectivity index (χ1v) is 7.93. The maximum atomic E-state index is 13.6. The average Bonchev–Trinajstić information content (AvgIpc) is 2.55. The van der Waals surface area contributed by atoms with Crippen LogP contribution in [0.3, 0.4) is 0 Å². The number of guanidine groups is 1. The van der Waals surface area contributed by atoms with Gasteiger partial charge in [0.25, 0.3) is 0 Å². The summed E-state index contributed by atoms with van der Waals surface area (Å²) >= 11 is 0. The van der Waals surface area contributed by atoms with E-state index < -0.39 is 29.0 Å². The number of amides is 1. The van der Waals surface area contributed by atoms with Crippen molar-refractivity contribution in [3.8, 4) is 0 Å². The minimum Gasteiger partial charge on any atom is -0.347 e. The second kappa shape index (κ2) is 8.01. The van der Waals surface area contributed by atoms with E-state index in [1.807, 2.05) is 4.90 Å². The first kappa shape index (κ1) is 22.5. The molecule has 1 saturated heterocycles. The van der Waals surface area contributed by atoms with E-state index in [2.05, 4.69) is 43.3 Å². The number of nitrogens with zero attached hydrogens (tertiary/aromatic N) is 2. The van der Waals surface area contributed by atoms with Gasteiger partial charge in [-0.15, -0.1) is 24.0 Å². The van der Waals surface area contributed by atoms with Crippen molar-refractivity contribution in [2.45, 2.75) is 33.2 Å². The third kappa shape index (κ3) is 4.07. The summed E-state index contributed by atoms with van der Waals surface area (Å²) in [5, 5.41) is 5.12. The first-order valence-electron chi connectivity index (χ1n) is 7.93. The van der Waals surface area contributed by atoms with Crippen LogP contribution >= 0.6 is 24.0 Å². The van der Waals surface area contributed by atoms with Gasteiger partial charge in [-0.2, -0.15) is 0 Å². The van der Waals surface area contributed by atoms with Crippen LogP contribution in [0.25, 0.3) is 0 Å². The second-order valence-electron chi connectivity index (χ2n) is 7.20. The van der Waals surface area contributed by atoms with Crippen molar-refractivity contribution in [3.63, 3.8) is 0 Å². The molecular weight excluding hydrogens is 460 g/mol. The van der Waals surface area contributed by atoms with Crippen molar-refractivity contribution in [1.29, 1.82) is 0 Å². The number of benzene rings is 1. The lowest BCUT2D eigenvalue weighted by Gasteiger charge is -2.62. The average molecular weight is 484 g/mol. The van der Waals surface area contributed by atoms with Gasteiger partial charge in [-0.25, -0.2) is 13.2 Å². The zero-order valence-electron chi connectivity index (χ0n) is 15.4. The van der Waals surface area contributed by atoms with Crippen LogP contribution in [0.1, 0.15) is 27.7 Å². The SMILES string of the molecule is CN=C(NCC(=O)Nc1ccc(F)c(F)c1F)N1CC(C)(C)C1(C)C.I. The summed E-state index contributed by atoms with van der Waals surface area (Å²) in [6.07, 6.45) is 0. The summed E-state index contributed by atoms with van der Waals surface area (Å²) in [6.45, 7) is 9.06. The number of aliphatic imine (C=N–C) groups is 1. The Morgan fingerprint density at radius 2 is 1.81 bits per heavy atom. The molecule has 146 valence electrons. The van der Waals surface area contributed by atoms with Crippen LogP contribution in [-0.4, -0.2) is 42.4 Å². The third-order valence-electron chi connectivity index (χ3n) is 5.07. The molecule has 1 aromatic carbocycles. The topological polar surface area (TPSA) is 56.7 Å². The highest BCUT2D eigenvalue weighted by molar-refractivity contribution is 14.0. The molecule has 0 aromatic heterocycles. The summed E-state index contributed by atoms with van der Waals surface area (Å²) < 4.78 is 39.7. The summed E-state index contributed by atoms with van der Waals surface area (Å²) in [5.74, 6) is -4.40. The lowest BCUT2D eigenvalue weighted by atomic mass is 9.65. The smallest absolute Gasteiger partial charge is 0.243 e. The molecule has 1 aliphatic heterocycles. The van der Waals surface area contributed by atoms with Crippen LogP contribution in [0.4, 0.5) is 18.9 Å². The van der Waals surface area contributed by atoms with Crippen LogP contribution in [0, 0.1) is 22.9 Å². The van der Waals surface area contributed by atoms with E-state index in [0.29, 0.717) is 5.96 Å². The number of rotatable bonds is 3. The quantitative estimate of drug-likeness (QED) is 0.300. The lowest BCUT2D eigenvalue weighted by Crippen LogP contribution is -2.72. The number of likely N-dealkylation sites (tertiary alicyclic amines) is 1. The van der Waals surface area contributed by atoms with Crippen LogP contribution in [-0.2, 0) is 4.79 Å². The molecule has 0 saturated carbocycles. The Morgan fingerprint density at radius 1 is 1.19 bits per heavy atom. The van der Waals surface area contributed by atoms with Gasteiger partial charge in [-0.05, 0) is 26.0 Å². The molecule has 9 heteroatoms. The van der Waals surface area contributed by atoms with Gasteiger partial charge in [0, 0.05) is 24.5 Å². The molecule has 1 amide bonds. The molecule has 26 heavy (non-hydrogen) atoms. The summed E-state index contributed by atoms with van der Waals surface area (Å²) in [7, 11) is 1.61. The number of nitrogens with one attached hydrogen (secondary N) is 2. The highest BCUT2D eigenvalue weighted by atomic mass is 127. The fourth-order valence-corrected chi connectivity index (χ4v) is 2.67. The molecule has 0 spiro atoms. The standard InChI is InChI=1S/C17H23F3N4O.HI/c1-16(2)9-24(17(16,3)4)15(21-5)22-8-12(25)23-11-7-6-10(18)13(19)14(11)20;/h6-7H,8-9H2,1-5H3,(H,21,22)(H,23,25);1H. The Morgan fingerprint density at radius 3 is 2.31 bits per heavy atom. The minimum absolute atomic E-state index is 0. The highest BCUT2D eigenvalue weighted by Gasteiger charge is 2.53. The van der Waals surface area contributed by atoms with Gasteiger partial charge in [0.1, 0.15) is 0 Å². The van der Waals surface area contributed by atoms with E-state index in [1.54, 1.807) is 7.05 Å². The Bertz CT molecular complexity index is 722. The summed E-state index contributed by atoms with van der Waals surface area (Å²) in [5.41, 5.74) is -0.454. The lowest BCUT2D eigenvalue weighted by molar-refractivity contribution is -0.115. The van der Waals surface area contributed by atoms with Crippen molar-refractivity contribution >= 4 is 41.5 Å². The molecule has 0 aliphatic carbocycles. The second-order valence-corrected chi connectivity index (χ2v) is 7.20. The van der Waals surface area contributed by atoms with Gasteiger partial charge < -0.3 is 15.5 Å². The monoisotopic (exact) mass is 484 g/mol. The molecule has 0 atom stereocenters. The van der Waals surface area contributed by atoms with Gasteiger partial charge in [-0.1, -0.05) is 13.8 Å². The van der Waals surface area contributed by atoms with E-state index in [9.17, 15) is 18.0 Å². The maximum Gasteiger partial charge on any atom is 0.243 e. The summed E-state index contributed by atoms with van der Waals surface area (Å²) in [6, 6.07) is 1.73. The highest BCUT2D eigenvalue weighted by Crippen LogP contribution is 2.46. The Balaban J connectivity index is 0.00000338. The third-order valence-corrected chi connectivity index (χ3v) is 5.07. The van der Waals surface area contributed by atoms with Crippen LogP contribution in [0.5, 0.6) is 0 Å². The van der Waals surface area contributed by atoms with Crippen molar-refractivity contribution < 1.29 is 18.0 Å². The molecule has 1 fully saturated rings. The van der Waals surface area contributed by atoms with E-state index in [0.717, 1.165) is 18.7 Å². The van der Waals surface area contributed by atoms with Gasteiger partial charge in [0.2, 0.25) is 5.91 Å². The normalized spacial score (nSPS) is 17.8. The van der Waals surface area contributed by atoms with Crippen LogP contribution in [0.15, 0.2) is 17.1 Å². The molecule has 5 nitrogen and oxygen atoms in total. The number of halogens is 4. The van der Waals surface area contributed by atoms with Gasteiger partial charge >= 0.3 is 0 Å². The minimum atomic E-state index is -1.62. The number of hydrogen-bond donors (Lipinski definition) is 2. The van der Waals surface area contributed by atoms with Crippen LogP contribution in [0.2, 0.25) is 0 Å². The predicted octanol–water partition coefficient (Wildman–Crippen LogP) is 3.36. The zero-order valence-corrected chi connectivity index (χ0v) is 17.7. The van der Waals surface area contributed by atoms with Crippen molar-refractivity contribution in [3.05, 3.63) is 29.6 Å². The Kier molecular flexibility index (Phi) is 6.94. The number of hydrogen-bond acceptors (Lipinski definition) is 2. The molecule has 1 aromatic rings. The van der Waals surface area contributed by atoms with E-state index >= 15 is 0 Å². The van der Waals surface area contributed by atoms with Crippen molar-refractivity contribution in [2.75, 3.05) is 25.5 Å². The molecule has 0 unspecified atom stereocenters. The zero-order chi connectivity index (χ0) is 19.0. The van der Waals surface area contributed by atoms with E-state index in [-0.39, 0.29) is 41.5 Å². The van der Waals surface area contributed by atoms with Crippen molar-refractivity contribution in [1.82, 2.24) is 10.2 Å². The summed E-state index contributed by atoms with van der Waals surface area (Å²) in [4.78, 5) is 18.2. The first-order chi connectivity index (χ1) is 11.5.